The molecule has 0 spiro atoms. The maximum atomic E-state index is 13.4. The number of hydrogen-bond acceptors (Lipinski definition) is 2. The number of hydrogen-bond donors (Lipinski definition) is 0. The molecule has 0 radical (unpaired) electrons. The minimum Gasteiger partial charge on any atom is -0.286 e. The fraction of sp³-hybridized carbons (Fsp3) is 0.200. The van der Waals surface area contributed by atoms with Gasteiger partial charge in [-0.2, -0.15) is 0 Å². The van der Waals surface area contributed by atoms with E-state index < -0.39 is 5.82 Å². The largest absolute Gasteiger partial charge is 0.286 e. The Morgan fingerprint density at radius 1 is 1.47 bits per heavy atom. The lowest BCUT2D eigenvalue weighted by molar-refractivity contribution is 0.635. The van der Waals surface area contributed by atoms with E-state index in [1.54, 1.807) is 13.0 Å². The van der Waals surface area contributed by atoms with Gasteiger partial charge >= 0.3 is 0 Å². The number of aromatic nitrogens is 2. The van der Waals surface area contributed by atoms with Crippen LogP contribution in [0.2, 0.25) is 5.28 Å². The molecule has 0 aliphatic carbocycles. The second-order valence-electron chi connectivity index (χ2n) is 3.33. The van der Waals surface area contributed by atoms with Crippen LogP contribution in [-0.4, -0.2) is 9.55 Å². The lowest BCUT2D eigenvalue weighted by Gasteiger charge is -2.06. The summed E-state index contributed by atoms with van der Waals surface area (Å²) >= 11 is 5.70. The molecular formula is C10H8ClFN2O. The second kappa shape index (κ2) is 3.31. The molecule has 1 aromatic heterocycles. The number of nitrogens with zero attached hydrogens (tertiary/aromatic N) is 2. The van der Waals surface area contributed by atoms with Crippen LogP contribution in [0.3, 0.4) is 0 Å². The summed E-state index contributed by atoms with van der Waals surface area (Å²) in [6.07, 6.45) is 0. The summed E-state index contributed by atoms with van der Waals surface area (Å²) in [7, 11) is 1.50. The summed E-state index contributed by atoms with van der Waals surface area (Å²) in [6.45, 7) is 1.73. The molecular weight excluding hydrogens is 219 g/mol. The minimum absolute atomic E-state index is 0.0167. The zero-order chi connectivity index (χ0) is 11.2. The molecule has 0 aliphatic heterocycles. The molecule has 0 unspecified atom stereocenters. The first-order valence-corrected chi connectivity index (χ1v) is 4.71. The highest BCUT2D eigenvalue weighted by Gasteiger charge is 2.12. The first-order chi connectivity index (χ1) is 7.02. The summed E-state index contributed by atoms with van der Waals surface area (Å²) in [5.41, 5.74) is 0.390. The monoisotopic (exact) mass is 226 g/mol. The Kier molecular flexibility index (Phi) is 2.23. The molecule has 5 heteroatoms. The molecule has 0 fully saturated rings. The number of rotatable bonds is 0. The lowest BCUT2D eigenvalue weighted by Crippen LogP contribution is -2.20. The van der Waals surface area contributed by atoms with Crippen molar-refractivity contribution in [3.8, 4) is 0 Å². The maximum absolute atomic E-state index is 13.4. The van der Waals surface area contributed by atoms with Gasteiger partial charge in [-0.3, -0.25) is 9.36 Å². The Balaban J connectivity index is 3.12. The van der Waals surface area contributed by atoms with Crippen molar-refractivity contribution >= 4 is 22.5 Å². The van der Waals surface area contributed by atoms with Crippen molar-refractivity contribution in [2.24, 2.45) is 7.05 Å². The number of halogens is 2. The third-order valence-corrected chi connectivity index (χ3v) is 2.67. The molecule has 0 aliphatic rings. The molecule has 15 heavy (non-hydrogen) atoms. The predicted molar refractivity (Wildman–Crippen MR) is 56.7 cm³/mol. The van der Waals surface area contributed by atoms with Crippen LogP contribution in [-0.2, 0) is 7.05 Å². The third kappa shape index (κ3) is 1.41. The highest BCUT2D eigenvalue weighted by atomic mass is 35.5. The molecule has 1 aromatic carbocycles. The van der Waals surface area contributed by atoms with Crippen LogP contribution in [0.5, 0.6) is 0 Å². The SMILES string of the molecule is Cc1ccc(F)c2nc(Cl)n(C)c(=O)c12. The van der Waals surface area contributed by atoms with Crippen molar-refractivity contribution in [3.05, 3.63) is 39.2 Å². The van der Waals surface area contributed by atoms with Crippen LogP contribution >= 0.6 is 11.6 Å². The van der Waals surface area contributed by atoms with Gasteiger partial charge in [0.05, 0.1) is 5.39 Å². The average Bonchev–Trinajstić information content (AvgIpc) is 2.20. The number of aryl methyl sites for hydroxylation is 1. The second-order valence-corrected chi connectivity index (χ2v) is 3.67. The highest BCUT2D eigenvalue weighted by molar-refractivity contribution is 6.28. The molecule has 0 bridgehead atoms. The van der Waals surface area contributed by atoms with Crippen LogP contribution in [0.4, 0.5) is 4.39 Å². The van der Waals surface area contributed by atoms with Crippen molar-refractivity contribution in [1.82, 2.24) is 9.55 Å². The Morgan fingerprint density at radius 2 is 2.13 bits per heavy atom. The molecule has 2 aromatic rings. The molecule has 78 valence electrons. The van der Waals surface area contributed by atoms with Gasteiger partial charge in [0.15, 0.2) is 0 Å². The fourth-order valence-corrected chi connectivity index (χ4v) is 1.63. The van der Waals surface area contributed by atoms with Crippen molar-refractivity contribution in [3.63, 3.8) is 0 Å². The van der Waals surface area contributed by atoms with Crippen molar-refractivity contribution in [2.45, 2.75) is 6.92 Å². The normalized spacial score (nSPS) is 10.9. The Bertz CT molecular complexity index is 606. The standard InChI is InChI=1S/C10H8ClFN2O/c1-5-3-4-6(12)8-7(5)9(15)14(2)10(11)13-8/h3-4H,1-2H3. The van der Waals surface area contributed by atoms with E-state index in [1.165, 1.54) is 17.7 Å². The first-order valence-electron chi connectivity index (χ1n) is 4.33. The molecule has 0 saturated heterocycles. The minimum atomic E-state index is -0.532. The predicted octanol–water partition coefficient (Wildman–Crippen LogP) is 2.03. The van der Waals surface area contributed by atoms with Gasteiger partial charge in [-0.1, -0.05) is 6.07 Å². The van der Waals surface area contributed by atoms with Gasteiger partial charge in [-0.25, -0.2) is 9.37 Å². The molecule has 3 nitrogen and oxygen atoms in total. The third-order valence-electron chi connectivity index (χ3n) is 2.34. The van der Waals surface area contributed by atoms with Crippen LogP contribution in [0.25, 0.3) is 10.9 Å². The van der Waals surface area contributed by atoms with Crippen LogP contribution in [0.15, 0.2) is 16.9 Å². The van der Waals surface area contributed by atoms with Gasteiger partial charge in [0, 0.05) is 7.05 Å². The van der Waals surface area contributed by atoms with Crippen LogP contribution in [0.1, 0.15) is 5.56 Å². The molecule has 1 heterocycles. The van der Waals surface area contributed by atoms with Crippen LogP contribution in [0, 0.1) is 12.7 Å². The van der Waals surface area contributed by atoms with E-state index >= 15 is 0 Å². The van der Waals surface area contributed by atoms with Gasteiger partial charge in [-0.15, -0.1) is 0 Å². The van der Waals surface area contributed by atoms with E-state index in [0.717, 1.165) is 0 Å². The van der Waals surface area contributed by atoms with Gasteiger partial charge in [0.1, 0.15) is 11.3 Å². The Labute approximate surface area is 90.1 Å². The zero-order valence-corrected chi connectivity index (χ0v) is 8.97. The zero-order valence-electron chi connectivity index (χ0n) is 8.21. The fourth-order valence-electron chi connectivity index (χ4n) is 1.46. The van der Waals surface area contributed by atoms with Crippen LogP contribution < -0.4 is 5.56 Å². The van der Waals surface area contributed by atoms with Gasteiger partial charge in [0.2, 0.25) is 5.28 Å². The molecule has 0 saturated carbocycles. The average molecular weight is 227 g/mol. The van der Waals surface area contributed by atoms with E-state index in [4.69, 9.17) is 11.6 Å². The molecule has 0 N–H and O–H groups in total. The molecule has 0 amide bonds. The summed E-state index contributed by atoms with van der Waals surface area (Å²) in [5.74, 6) is -0.532. The van der Waals surface area contributed by atoms with Crippen molar-refractivity contribution in [2.75, 3.05) is 0 Å². The number of benzene rings is 1. The summed E-state index contributed by atoms with van der Waals surface area (Å²) in [6, 6.07) is 2.83. The number of fused-ring (bicyclic) bond motifs is 1. The lowest BCUT2D eigenvalue weighted by atomic mass is 10.1. The van der Waals surface area contributed by atoms with Crippen molar-refractivity contribution < 1.29 is 4.39 Å². The Morgan fingerprint density at radius 3 is 2.80 bits per heavy atom. The molecule has 2 rings (SSSR count). The van der Waals surface area contributed by atoms with Gasteiger partial charge in [-0.05, 0) is 30.2 Å². The maximum Gasteiger partial charge on any atom is 0.262 e. The van der Waals surface area contributed by atoms with E-state index in [0.29, 0.717) is 5.56 Å². The van der Waals surface area contributed by atoms with E-state index in [1.807, 2.05) is 0 Å². The summed E-state index contributed by atoms with van der Waals surface area (Å²) in [4.78, 5) is 15.6. The van der Waals surface area contributed by atoms with Gasteiger partial charge < -0.3 is 0 Å². The smallest absolute Gasteiger partial charge is 0.262 e. The first kappa shape index (κ1) is 10.1. The van der Waals surface area contributed by atoms with E-state index in [2.05, 4.69) is 4.98 Å². The molecule has 0 atom stereocenters. The van der Waals surface area contributed by atoms with Crippen molar-refractivity contribution in [1.29, 1.82) is 0 Å². The van der Waals surface area contributed by atoms with Gasteiger partial charge in [0.25, 0.3) is 5.56 Å². The summed E-state index contributed by atoms with van der Waals surface area (Å²) in [5, 5.41) is 0.263. The Hall–Kier alpha value is -1.42. The quantitative estimate of drug-likeness (QED) is 0.645. The highest BCUT2D eigenvalue weighted by Crippen LogP contribution is 2.17. The topological polar surface area (TPSA) is 34.9 Å². The van der Waals surface area contributed by atoms with E-state index in [-0.39, 0.29) is 21.7 Å². The van der Waals surface area contributed by atoms with E-state index in [9.17, 15) is 9.18 Å². The summed E-state index contributed by atoms with van der Waals surface area (Å²) < 4.78 is 14.6.